The molecule has 0 aliphatic heterocycles. The van der Waals surface area contributed by atoms with Crippen molar-refractivity contribution in [2.24, 2.45) is 0 Å². The van der Waals surface area contributed by atoms with Gasteiger partial charge >= 0.3 is 0 Å². The zero-order chi connectivity index (χ0) is 11.5. The Hall–Kier alpha value is -1.81. The van der Waals surface area contributed by atoms with E-state index in [1.165, 1.54) is 0 Å². The van der Waals surface area contributed by atoms with Gasteiger partial charge in [0.25, 0.3) is 0 Å². The van der Waals surface area contributed by atoms with Gasteiger partial charge in [-0.2, -0.15) is 0 Å². The van der Waals surface area contributed by atoms with Gasteiger partial charge in [0.05, 0.1) is 7.11 Å². The fraction of sp³-hybridized carbons (Fsp3) is 0.0909. The number of aromatic amines is 1. The smallest absolute Gasteiger partial charge is 0.171 e. The number of ether oxygens (including phenoxy) is 1. The summed E-state index contributed by atoms with van der Waals surface area (Å²) in [6, 6.07) is 7.30. The number of methoxy groups -OCH3 is 1. The van der Waals surface area contributed by atoms with E-state index in [1.54, 1.807) is 7.11 Å². The summed E-state index contributed by atoms with van der Waals surface area (Å²) in [6.45, 7) is 0. The van der Waals surface area contributed by atoms with Gasteiger partial charge in [0.15, 0.2) is 6.29 Å². The molecule has 1 heterocycles. The van der Waals surface area contributed by atoms with Gasteiger partial charge in [-0.15, -0.1) is 0 Å². The minimum atomic E-state index is 0.215. The van der Waals surface area contributed by atoms with Crippen LogP contribution in [-0.4, -0.2) is 23.4 Å². The van der Waals surface area contributed by atoms with Crippen LogP contribution in [0.1, 0.15) is 10.5 Å². The molecule has 0 spiro atoms. The molecule has 0 saturated heterocycles. The zero-order valence-corrected chi connectivity index (χ0v) is 9.28. The molecular weight excluding hydrogens is 228 g/mol. The highest BCUT2D eigenvalue weighted by molar-refractivity contribution is 6.31. The van der Waals surface area contributed by atoms with Crippen molar-refractivity contribution < 1.29 is 9.53 Å². The maximum atomic E-state index is 10.6. The Kier molecular flexibility index (Phi) is 2.92. The normalized spacial score (nSPS) is 10.1. The third-order valence-electron chi connectivity index (χ3n) is 2.16. The second-order valence-corrected chi connectivity index (χ2v) is 3.51. The number of aromatic nitrogens is 2. The molecule has 1 N–H and O–H groups in total. The van der Waals surface area contributed by atoms with Crippen molar-refractivity contribution in [2.45, 2.75) is 0 Å². The average Bonchev–Trinajstić information content (AvgIpc) is 2.71. The average molecular weight is 237 g/mol. The monoisotopic (exact) mass is 236 g/mol. The van der Waals surface area contributed by atoms with Crippen LogP contribution in [-0.2, 0) is 0 Å². The molecule has 5 heteroatoms. The molecule has 1 aromatic carbocycles. The number of imidazole rings is 1. The van der Waals surface area contributed by atoms with Crippen molar-refractivity contribution in [3.05, 3.63) is 35.1 Å². The quantitative estimate of drug-likeness (QED) is 0.834. The summed E-state index contributed by atoms with van der Waals surface area (Å²) in [7, 11) is 1.60. The number of benzene rings is 1. The van der Waals surface area contributed by atoms with Gasteiger partial charge in [-0.1, -0.05) is 11.6 Å². The lowest BCUT2D eigenvalue weighted by Crippen LogP contribution is -1.84. The number of nitrogens with one attached hydrogen (secondary N) is 1. The van der Waals surface area contributed by atoms with Crippen molar-refractivity contribution in [3.8, 4) is 17.1 Å². The van der Waals surface area contributed by atoms with Crippen LogP contribution in [0.2, 0.25) is 5.15 Å². The van der Waals surface area contributed by atoms with Gasteiger partial charge in [-0.05, 0) is 24.3 Å². The lowest BCUT2D eigenvalue weighted by Gasteiger charge is -2.00. The van der Waals surface area contributed by atoms with Crippen LogP contribution in [0.4, 0.5) is 0 Å². The Bertz CT molecular complexity index is 505. The third kappa shape index (κ3) is 1.92. The van der Waals surface area contributed by atoms with Gasteiger partial charge < -0.3 is 9.72 Å². The van der Waals surface area contributed by atoms with E-state index in [1.807, 2.05) is 24.3 Å². The van der Waals surface area contributed by atoms with Crippen LogP contribution >= 0.6 is 11.6 Å². The highest BCUT2D eigenvalue weighted by Gasteiger charge is 2.08. The topological polar surface area (TPSA) is 55.0 Å². The van der Waals surface area contributed by atoms with Gasteiger partial charge in [-0.3, -0.25) is 4.79 Å². The molecule has 0 saturated carbocycles. The summed E-state index contributed by atoms with van der Waals surface area (Å²) >= 11 is 5.78. The summed E-state index contributed by atoms with van der Waals surface area (Å²) in [4.78, 5) is 17.5. The molecule has 2 rings (SSSR count). The van der Waals surface area contributed by atoms with Crippen LogP contribution < -0.4 is 4.74 Å². The zero-order valence-electron chi connectivity index (χ0n) is 8.53. The van der Waals surface area contributed by atoms with Gasteiger partial charge in [0.1, 0.15) is 22.4 Å². The molecule has 0 fully saturated rings. The number of aldehydes is 1. The van der Waals surface area contributed by atoms with E-state index in [2.05, 4.69) is 9.97 Å². The number of rotatable bonds is 3. The molecule has 0 radical (unpaired) electrons. The Morgan fingerprint density at radius 3 is 2.56 bits per heavy atom. The molecule has 0 amide bonds. The van der Waals surface area contributed by atoms with E-state index in [4.69, 9.17) is 16.3 Å². The van der Waals surface area contributed by atoms with E-state index in [0.717, 1.165) is 11.3 Å². The molecule has 1 aromatic heterocycles. The first-order valence-electron chi connectivity index (χ1n) is 4.59. The fourth-order valence-corrected chi connectivity index (χ4v) is 1.51. The van der Waals surface area contributed by atoms with Crippen molar-refractivity contribution in [1.29, 1.82) is 0 Å². The van der Waals surface area contributed by atoms with Crippen molar-refractivity contribution in [1.82, 2.24) is 9.97 Å². The standard InChI is InChI=1S/C11H9ClN2O2/c1-16-8-4-2-7(3-5-8)11-13-9(6-15)10(12)14-11/h2-6H,1H3,(H,13,14). The van der Waals surface area contributed by atoms with E-state index in [9.17, 15) is 4.79 Å². The molecule has 0 unspecified atom stereocenters. The molecular formula is C11H9ClN2O2. The summed E-state index contributed by atoms with van der Waals surface area (Å²) in [5.74, 6) is 1.33. The molecule has 0 aliphatic rings. The van der Waals surface area contributed by atoms with Gasteiger partial charge in [-0.25, -0.2) is 4.98 Å². The van der Waals surface area contributed by atoms with E-state index < -0.39 is 0 Å². The second kappa shape index (κ2) is 4.37. The Morgan fingerprint density at radius 2 is 2.06 bits per heavy atom. The summed E-state index contributed by atoms with van der Waals surface area (Å²) < 4.78 is 5.04. The first kappa shape index (κ1) is 10.7. The molecule has 4 nitrogen and oxygen atoms in total. The molecule has 2 aromatic rings. The number of hydrogen-bond donors (Lipinski definition) is 1. The van der Waals surface area contributed by atoms with Gasteiger partial charge in [0.2, 0.25) is 0 Å². The highest BCUT2D eigenvalue weighted by atomic mass is 35.5. The number of halogens is 1. The maximum Gasteiger partial charge on any atom is 0.171 e. The van der Waals surface area contributed by atoms with E-state index in [0.29, 0.717) is 12.1 Å². The first-order valence-corrected chi connectivity index (χ1v) is 4.97. The van der Waals surface area contributed by atoms with Crippen LogP contribution in [0.5, 0.6) is 5.75 Å². The Labute approximate surface area is 97.2 Å². The number of carbonyl (C=O) groups excluding carboxylic acids is 1. The van der Waals surface area contributed by atoms with Crippen LogP contribution in [0, 0.1) is 0 Å². The molecule has 0 aliphatic carbocycles. The SMILES string of the molecule is COc1ccc(-c2nc(C=O)c(Cl)[nH]2)cc1. The van der Waals surface area contributed by atoms with Gasteiger partial charge in [0, 0.05) is 5.56 Å². The molecule has 0 atom stereocenters. The second-order valence-electron chi connectivity index (χ2n) is 3.13. The number of H-pyrrole nitrogens is 1. The number of carbonyl (C=O) groups is 1. The van der Waals surface area contributed by atoms with Crippen LogP contribution in [0.15, 0.2) is 24.3 Å². The summed E-state index contributed by atoms with van der Waals surface area (Å²) in [5, 5.41) is 0.251. The Morgan fingerprint density at radius 1 is 1.38 bits per heavy atom. The molecule has 82 valence electrons. The van der Waals surface area contributed by atoms with Crippen LogP contribution in [0.3, 0.4) is 0 Å². The lowest BCUT2D eigenvalue weighted by atomic mass is 10.2. The van der Waals surface area contributed by atoms with Crippen molar-refractivity contribution in [2.75, 3.05) is 7.11 Å². The Balaban J connectivity index is 2.38. The predicted octanol–water partition coefficient (Wildman–Crippen LogP) is 2.55. The van der Waals surface area contributed by atoms with E-state index in [-0.39, 0.29) is 10.8 Å². The molecule has 16 heavy (non-hydrogen) atoms. The summed E-state index contributed by atoms with van der Waals surface area (Å²) in [6.07, 6.45) is 0.617. The fourth-order valence-electron chi connectivity index (χ4n) is 1.33. The van der Waals surface area contributed by atoms with Crippen LogP contribution in [0.25, 0.3) is 11.4 Å². The van der Waals surface area contributed by atoms with E-state index >= 15 is 0 Å². The number of nitrogens with zero attached hydrogens (tertiary/aromatic N) is 1. The third-order valence-corrected chi connectivity index (χ3v) is 2.45. The highest BCUT2D eigenvalue weighted by Crippen LogP contribution is 2.22. The minimum absolute atomic E-state index is 0.215. The number of hydrogen-bond acceptors (Lipinski definition) is 3. The maximum absolute atomic E-state index is 10.6. The lowest BCUT2D eigenvalue weighted by molar-refractivity contribution is 0.111. The minimum Gasteiger partial charge on any atom is -0.497 e. The first-order chi connectivity index (χ1) is 7.74. The van der Waals surface area contributed by atoms with Crippen molar-refractivity contribution >= 4 is 17.9 Å². The van der Waals surface area contributed by atoms with Crippen molar-refractivity contribution in [3.63, 3.8) is 0 Å². The molecule has 0 bridgehead atoms. The predicted molar refractivity (Wildman–Crippen MR) is 61.0 cm³/mol. The largest absolute Gasteiger partial charge is 0.497 e. The summed E-state index contributed by atoms with van der Waals surface area (Å²) in [5.41, 5.74) is 1.06.